The highest BCUT2D eigenvalue weighted by atomic mass is 35.5. The molecule has 1 rings (SSSR count). The predicted molar refractivity (Wildman–Crippen MR) is 70.2 cm³/mol. The first kappa shape index (κ1) is 14.6. The third kappa shape index (κ3) is 3.50. The van der Waals surface area contributed by atoms with Crippen molar-refractivity contribution < 1.29 is 9.53 Å². The fourth-order valence-electron chi connectivity index (χ4n) is 0.953. The number of nitrogens with one attached hydrogen (secondary N) is 1. The number of nitriles is 1. The van der Waals surface area contributed by atoms with Crippen LogP contribution in [0.4, 0.5) is 5.69 Å². The van der Waals surface area contributed by atoms with E-state index in [1.54, 1.807) is 6.07 Å². The lowest BCUT2D eigenvalue weighted by Crippen LogP contribution is -2.15. The quantitative estimate of drug-likeness (QED) is 0.403. The smallest absolute Gasteiger partial charge is 0.369 e. The largest absolute Gasteiger partial charge is 0.464 e. The third-order valence-electron chi connectivity index (χ3n) is 1.77. The molecule has 1 N–H and O–H groups in total. The summed E-state index contributed by atoms with van der Waals surface area (Å²) in [6, 6.07) is 4.48. The van der Waals surface area contributed by atoms with Crippen molar-refractivity contribution in [1.29, 1.82) is 5.26 Å². The monoisotopic (exact) mass is 305 g/mol. The molecule has 0 bridgehead atoms. The number of nitrogens with zero attached hydrogens (tertiary/aromatic N) is 2. The molecule has 0 saturated heterocycles. The number of carbonyl (C=O) groups excluding carboxylic acids is 1. The van der Waals surface area contributed by atoms with Crippen LogP contribution in [0.5, 0.6) is 0 Å². The lowest BCUT2D eigenvalue weighted by molar-refractivity contribution is -0.132. The Morgan fingerprint density at radius 3 is 2.39 bits per heavy atom. The van der Waals surface area contributed by atoms with E-state index in [4.69, 9.17) is 40.1 Å². The van der Waals surface area contributed by atoms with Gasteiger partial charge >= 0.3 is 5.97 Å². The fraction of sp³-hybridized carbons (Fsp3) is 0.100. The molecule has 0 fully saturated rings. The maximum atomic E-state index is 11.1. The number of hydrazone groups is 1. The van der Waals surface area contributed by atoms with Gasteiger partial charge in [-0.3, -0.25) is 5.43 Å². The molecule has 0 heterocycles. The summed E-state index contributed by atoms with van der Waals surface area (Å²) in [5.74, 6) is -0.851. The summed E-state index contributed by atoms with van der Waals surface area (Å²) >= 11 is 17.4. The first-order chi connectivity index (χ1) is 8.49. The van der Waals surface area contributed by atoms with Crippen molar-refractivity contribution in [2.45, 2.75) is 0 Å². The number of anilines is 1. The second kappa shape index (κ2) is 6.45. The Labute approximate surface area is 118 Å². The summed E-state index contributed by atoms with van der Waals surface area (Å²) in [6.07, 6.45) is 0. The van der Waals surface area contributed by atoms with Gasteiger partial charge in [-0.1, -0.05) is 34.8 Å². The molecule has 0 aromatic heterocycles. The van der Waals surface area contributed by atoms with Crippen LogP contribution in [0, 0.1) is 11.3 Å². The normalized spacial score (nSPS) is 10.7. The minimum absolute atomic E-state index is 0.210. The number of hydrogen-bond acceptors (Lipinski definition) is 5. The summed E-state index contributed by atoms with van der Waals surface area (Å²) in [6.45, 7) is 0. The Hall–Kier alpha value is -1.48. The second-order valence-electron chi connectivity index (χ2n) is 2.93. The number of carbonyl (C=O) groups is 1. The van der Waals surface area contributed by atoms with Crippen LogP contribution in [0.2, 0.25) is 15.1 Å². The summed E-state index contributed by atoms with van der Waals surface area (Å²) in [5.41, 5.74) is 2.41. The van der Waals surface area contributed by atoms with Crippen molar-refractivity contribution >= 4 is 52.2 Å². The topological polar surface area (TPSA) is 74.5 Å². The number of hydrogen-bond donors (Lipinski definition) is 1. The van der Waals surface area contributed by atoms with E-state index in [0.29, 0.717) is 5.69 Å². The van der Waals surface area contributed by atoms with Crippen LogP contribution >= 0.6 is 34.8 Å². The highest BCUT2D eigenvalue weighted by Gasteiger charge is 2.11. The highest BCUT2D eigenvalue weighted by molar-refractivity contribution is 6.48. The Balaban J connectivity index is 2.96. The SMILES string of the molecule is COC(=O)/C(C#N)=N/Nc1cc(Cl)c(Cl)c(Cl)c1. The standard InChI is InChI=1S/C10H6Cl3N3O2/c1-18-10(17)8(4-14)16-15-5-2-6(11)9(13)7(12)3-5/h2-3,15H,1H3/b16-8+. The first-order valence-corrected chi connectivity index (χ1v) is 5.59. The van der Waals surface area contributed by atoms with E-state index in [9.17, 15) is 4.79 Å². The average molecular weight is 307 g/mol. The summed E-state index contributed by atoms with van der Waals surface area (Å²) in [4.78, 5) is 11.1. The summed E-state index contributed by atoms with van der Waals surface area (Å²) in [7, 11) is 1.14. The molecule has 0 atom stereocenters. The van der Waals surface area contributed by atoms with Gasteiger partial charge in [0.25, 0.3) is 0 Å². The number of esters is 1. The molecule has 0 saturated carbocycles. The van der Waals surface area contributed by atoms with Crippen LogP contribution in [-0.2, 0) is 9.53 Å². The molecule has 0 radical (unpaired) electrons. The molecule has 18 heavy (non-hydrogen) atoms. The van der Waals surface area contributed by atoms with Crippen LogP contribution < -0.4 is 5.43 Å². The molecule has 94 valence electrons. The molecule has 8 heteroatoms. The zero-order valence-corrected chi connectivity index (χ0v) is 11.3. The Bertz CT molecular complexity index is 529. The predicted octanol–water partition coefficient (Wildman–Crippen LogP) is 3.11. The Morgan fingerprint density at radius 1 is 1.39 bits per heavy atom. The molecule has 1 aromatic rings. The van der Waals surface area contributed by atoms with Crippen LogP contribution in [0.1, 0.15) is 0 Å². The van der Waals surface area contributed by atoms with Crippen LogP contribution in [0.3, 0.4) is 0 Å². The third-order valence-corrected chi connectivity index (χ3v) is 2.96. The van der Waals surface area contributed by atoms with Crippen molar-refractivity contribution in [3.05, 3.63) is 27.2 Å². The van der Waals surface area contributed by atoms with Gasteiger partial charge in [0.15, 0.2) is 0 Å². The van der Waals surface area contributed by atoms with E-state index in [2.05, 4.69) is 15.3 Å². The fourth-order valence-corrected chi connectivity index (χ4v) is 1.55. The maximum Gasteiger partial charge on any atom is 0.369 e. The number of ether oxygens (including phenoxy) is 1. The van der Waals surface area contributed by atoms with Crippen molar-refractivity contribution in [1.82, 2.24) is 0 Å². The molecule has 0 aliphatic heterocycles. The molecule has 0 spiro atoms. The number of rotatable bonds is 3. The Kier molecular flexibility index (Phi) is 5.23. The van der Waals surface area contributed by atoms with Gasteiger partial charge < -0.3 is 4.74 Å². The summed E-state index contributed by atoms with van der Waals surface area (Å²) < 4.78 is 4.35. The van der Waals surface area contributed by atoms with Gasteiger partial charge in [-0.2, -0.15) is 10.4 Å². The maximum absolute atomic E-state index is 11.1. The van der Waals surface area contributed by atoms with Crippen molar-refractivity contribution in [2.24, 2.45) is 5.10 Å². The van der Waals surface area contributed by atoms with Crippen LogP contribution in [-0.4, -0.2) is 18.8 Å². The lowest BCUT2D eigenvalue weighted by atomic mass is 10.3. The highest BCUT2D eigenvalue weighted by Crippen LogP contribution is 2.33. The average Bonchev–Trinajstić information content (AvgIpc) is 2.36. The van der Waals surface area contributed by atoms with Crippen molar-refractivity contribution in [3.63, 3.8) is 0 Å². The Morgan fingerprint density at radius 2 is 1.94 bits per heavy atom. The van der Waals surface area contributed by atoms with Gasteiger partial charge in [-0.25, -0.2) is 4.79 Å². The number of halogens is 3. The van der Waals surface area contributed by atoms with Gasteiger partial charge in [0.1, 0.15) is 6.07 Å². The van der Waals surface area contributed by atoms with E-state index < -0.39 is 11.7 Å². The number of methoxy groups -OCH3 is 1. The van der Waals surface area contributed by atoms with E-state index in [1.165, 1.54) is 12.1 Å². The van der Waals surface area contributed by atoms with E-state index in [1.807, 2.05) is 0 Å². The van der Waals surface area contributed by atoms with E-state index in [-0.39, 0.29) is 15.1 Å². The minimum atomic E-state index is -0.851. The summed E-state index contributed by atoms with van der Waals surface area (Å²) in [5, 5.41) is 12.9. The van der Waals surface area contributed by atoms with Gasteiger partial charge in [0, 0.05) is 0 Å². The second-order valence-corrected chi connectivity index (χ2v) is 4.12. The van der Waals surface area contributed by atoms with Gasteiger partial charge in [0.05, 0.1) is 27.9 Å². The number of benzene rings is 1. The van der Waals surface area contributed by atoms with Gasteiger partial charge in [0.2, 0.25) is 5.71 Å². The molecule has 0 amide bonds. The molecule has 5 nitrogen and oxygen atoms in total. The molecule has 1 aromatic carbocycles. The van der Waals surface area contributed by atoms with Crippen molar-refractivity contribution in [3.8, 4) is 6.07 Å². The molecule has 0 aliphatic rings. The lowest BCUT2D eigenvalue weighted by Gasteiger charge is -2.04. The molecule has 0 aliphatic carbocycles. The van der Waals surface area contributed by atoms with Gasteiger partial charge in [-0.15, -0.1) is 0 Å². The molecular formula is C10H6Cl3N3O2. The van der Waals surface area contributed by atoms with E-state index >= 15 is 0 Å². The van der Waals surface area contributed by atoms with Crippen LogP contribution in [0.15, 0.2) is 17.2 Å². The van der Waals surface area contributed by atoms with Crippen LogP contribution in [0.25, 0.3) is 0 Å². The zero-order chi connectivity index (χ0) is 13.7. The molecule has 0 unspecified atom stereocenters. The van der Waals surface area contributed by atoms with Crippen molar-refractivity contribution in [2.75, 3.05) is 12.5 Å². The van der Waals surface area contributed by atoms with Gasteiger partial charge in [-0.05, 0) is 12.1 Å². The minimum Gasteiger partial charge on any atom is -0.464 e. The first-order valence-electron chi connectivity index (χ1n) is 4.46. The molecular weight excluding hydrogens is 300 g/mol. The zero-order valence-electron chi connectivity index (χ0n) is 9.00. The van der Waals surface area contributed by atoms with E-state index in [0.717, 1.165) is 7.11 Å².